The van der Waals surface area contributed by atoms with Gasteiger partial charge in [0.05, 0.1) is 5.02 Å². The number of hydrogen-bond acceptors (Lipinski definition) is 2. The lowest BCUT2D eigenvalue weighted by atomic mass is 10.0. The van der Waals surface area contributed by atoms with E-state index in [0.717, 1.165) is 18.4 Å². The van der Waals surface area contributed by atoms with Crippen LogP contribution in [-0.4, -0.2) is 11.0 Å². The Morgan fingerprint density at radius 2 is 2.11 bits per heavy atom. The Kier molecular flexibility index (Phi) is 4.88. The molecule has 0 saturated carbocycles. The molecule has 1 unspecified atom stereocenters. The fourth-order valence-corrected chi connectivity index (χ4v) is 2.17. The zero-order chi connectivity index (χ0) is 13.7. The van der Waals surface area contributed by atoms with E-state index in [9.17, 15) is 4.39 Å². The molecule has 1 aromatic carbocycles. The van der Waals surface area contributed by atoms with E-state index in [1.807, 2.05) is 18.3 Å². The second kappa shape index (κ2) is 6.64. The second-order valence-electron chi connectivity index (χ2n) is 4.61. The minimum Gasteiger partial charge on any atom is -0.327 e. The first kappa shape index (κ1) is 14.0. The third-order valence-corrected chi connectivity index (χ3v) is 3.30. The van der Waals surface area contributed by atoms with Crippen molar-refractivity contribution < 1.29 is 4.39 Å². The molecule has 0 spiro atoms. The molecule has 0 saturated heterocycles. The van der Waals surface area contributed by atoms with E-state index in [1.54, 1.807) is 18.3 Å². The van der Waals surface area contributed by atoms with Crippen LogP contribution in [0.1, 0.15) is 17.5 Å². The van der Waals surface area contributed by atoms with Gasteiger partial charge in [0.1, 0.15) is 5.82 Å². The molecule has 0 radical (unpaired) electrons. The van der Waals surface area contributed by atoms with Crippen LogP contribution < -0.4 is 5.73 Å². The first-order valence-corrected chi connectivity index (χ1v) is 6.61. The van der Waals surface area contributed by atoms with Gasteiger partial charge in [-0.15, -0.1) is 0 Å². The van der Waals surface area contributed by atoms with Crippen molar-refractivity contribution in [2.75, 3.05) is 0 Å². The van der Waals surface area contributed by atoms with Crippen molar-refractivity contribution in [2.24, 2.45) is 5.73 Å². The highest BCUT2D eigenvalue weighted by Gasteiger charge is 2.07. The predicted molar refractivity (Wildman–Crippen MR) is 75.6 cm³/mol. The number of pyridine rings is 1. The van der Waals surface area contributed by atoms with Crippen molar-refractivity contribution in [1.82, 2.24) is 4.98 Å². The number of hydrogen-bond donors (Lipinski definition) is 1. The minimum absolute atomic E-state index is 0.0294. The Bertz CT molecular complexity index is 531. The summed E-state index contributed by atoms with van der Waals surface area (Å²) in [6.07, 6.45) is 6.05. The van der Waals surface area contributed by atoms with Crippen LogP contribution in [-0.2, 0) is 12.8 Å². The summed E-state index contributed by atoms with van der Waals surface area (Å²) in [5.74, 6) is -0.394. The van der Waals surface area contributed by atoms with E-state index in [2.05, 4.69) is 4.98 Å². The lowest BCUT2D eigenvalue weighted by molar-refractivity contribution is 0.604. The Hall–Kier alpha value is -1.45. The number of halogens is 2. The van der Waals surface area contributed by atoms with Gasteiger partial charge < -0.3 is 5.73 Å². The molecular weight excluding hydrogens is 263 g/mol. The summed E-state index contributed by atoms with van der Waals surface area (Å²) in [5.41, 5.74) is 8.22. The smallest absolute Gasteiger partial charge is 0.141 e. The summed E-state index contributed by atoms with van der Waals surface area (Å²) in [6, 6.07) is 8.73. The molecule has 4 heteroatoms. The number of nitrogens with two attached hydrogens (primary N) is 1. The third-order valence-electron chi connectivity index (χ3n) is 3.01. The average molecular weight is 279 g/mol. The Balaban J connectivity index is 1.87. The van der Waals surface area contributed by atoms with E-state index >= 15 is 0 Å². The van der Waals surface area contributed by atoms with Gasteiger partial charge in [0.15, 0.2) is 0 Å². The van der Waals surface area contributed by atoms with Crippen LogP contribution in [0.5, 0.6) is 0 Å². The summed E-state index contributed by atoms with van der Waals surface area (Å²) >= 11 is 5.75. The summed E-state index contributed by atoms with van der Waals surface area (Å²) < 4.78 is 13.0. The van der Waals surface area contributed by atoms with Gasteiger partial charge in [-0.3, -0.25) is 4.98 Å². The van der Waals surface area contributed by atoms with Crippen molar-refractivity contribution in [1.29, 1.82) is 0 Å². The zero-order valence-corrected chi connectivity index (χ0v) is 11.3. The maximum absolute atomic E-state index is 13.0. The molecule has 1 aromatic heterocycles. The molecule has 0 aliphatic heterocycles. The van der Waals surface area contributed by atoms with Crippen molar-refractivity contribution in [3.63, 3.8) is 0 Å². The van der Waals surface area contributed by atoms with Crippen LogP contribution >= 0.6 is 11.6 Å². The quantitative estimate of drug-likeness (QED) is 0.911. The van der Waals surface area contributed by atoms with E-state index in [-0.39, 0.29) is 11.1 Å². The van der Waals surface area contributed by atoms with Crippen LogP contribution in [0, 0.1) is 5.82 Å². The molecule has 2 aromatic rings. The molecule has 0 amide bonds. The van der Waals surface area contributed by atoms with Gasteiger partial charge in [0.2, 0.25) is 0 Å². The highest BCUT2D eigenvalue weighted by Crippen LogP contribution is 2.17. The molecule has 2 rings (SSSR count). The molecule has 1 heterocycles. The number of aryl methyl sites for hydroxylation is 1. The van der Waals surface area contributed by atoms with Crippen LogP contribution in [0.15, 0.2) is 42.7 Å². The topological polar surface area (TPSA) is 38.9 Å². The SMILES string of the molecule is NC(CCc1cccnc1)Cc1ccc(F)c(Cl)c1. The molecule has 100 valence electrons. The maximum Gasteiger partial charge on any atom is 0.141 e. The Morgan fingerprint density at radius 1 is 1.26 bits per heavy atom. The largest absolute Gasteiger partial charge is 0.327 e. The molecular formula is C15H16ClFN2. The lowest BCUT2D eigenvalue weighted by Gasteiger charge is -2.12. The summed E-state index contributed by atoms with van der Waals surface area (Å²) in [7, 11) is 0. The van der Waals surface area contributed by atoms with Gasteiger partial charge in [-0.05, 0) is 48.6 Å². The van der Waals surface area contributed by atoms with Gasteiger partial charge in [-0.2, -0.15) is 0 Å². The monoisotopic (exact) mass is 278 g/mol. The van der Waals surface area contributed by atoms with Crippen molar-refractivity contribution in [3.05, 3.63) is 64.7 Å². The van der Waals surface area contributed by atoms with Gasteiger partial charge in [0, 0.05) is 18.4 Å². The Labute approximate surface area is 117 Å². The second-order valence-corrected chi connectivity index (χ2v) is 5.02. The van der Waals surface area contributed by atoms with Gasteiger partial charge in [0.25, 0.3) is 0 Å². The highest BCUT2D eigenvalue weighted by molar-refractivity contribution is 6.30. The lowest BCUT2D eigenvalue weighted by Crippen LogP contribution is -2.23. The van der Waals surface area contributed by atoms with Crippen LogP contribution in [0.4, 0.5) is 4.39 Å². The standard InChI is InChI=1S/C15H16ClFN2/c16-14-9-12(4-6-15(14)17)8-13(18)5-3-11-2-1-7-19-10-11/h1-2,4,6-7,9-10,13H,3,5,8,18H2. The van der Waals surface area contributed by atoms with E-state index < -0.39 is 5.82 Å². The number of benzene rings is 1. The fourth-order valence-electron chi connectivity index (χ4n) is 1.97. The first-order valence-electron chi connectivity index (χ1n) is 6.23. The van der Waals surface area contributed by atoms with Crippen LogP contribution in [0.25, 0.3) is 0 Å². The van der Waals surface area contributed by atoms with Gasteiger partial charge in [-0.25, -0.2) is 4.39 Å². The normalized spacial score (nSPS) is 12.4. The van der Waals surface area contributed by atoms with Crippen molar-refractivity contribution in [2.45, 2.75) is 25.3 Å². The fraction of sp³-hybridized carbons (Fsp3) is 0.267. The summed E-state index contributed by atoms with van der Waals surface area (Å²) in [5, 5.41) is 0.150. The third kappa shape index (κ3) is 4.30. The molecule has 0 aliphatic rings. The number of rotatable bonds is 5. The van der Waals surface area contributed by atoms with Crippen molar-refractivity contribution >= 4 is 11.6 Å². The number of nitrogens with zero attached hydrogens (tertiary/aromatic N) is 1. The van der Waals surface area contributed by atoms with E-state index in [0.29, 0.717) is 6.42 Å². The molecule has 0 aliphatic carbocycles. The van der Waals surface area contributed by atoms with Crippen LogP contribution in [0.2, 0.25) is 5.02 Å². The first-order chi connectivity index (χ1) is 9.15. The molecule has 2 nitrogen and oxygen atoms in total. The molecule has 0 fully saturated rings. The molecule has 1 atom stereocenters. The summed E-state index contributed by atoms with van der Waals surface area (Å²) in [6.45, 7) is 0. The van der Waals surface area contributed by atoms with Crippen LogP contribution in [0.3, 0.4) is 0 Å². The Morgan fingerprint density at radius 3 is 2.79 bits per heavy atom. The summed E-state index contributed by atoms with van der Waals surface area (Å²) in [4.78, 5) is 4.07. The zero-order valence-electron chi connectivity index (χ0n) is 10.5. The number of aromatic nitrogens is 1. The maximum atomic E-state index is 13.0. The van der Waals surface area contributed by atoms with Crippen molar-refractivity contribution in [3.8, 4) is 0 Å². The molecule has 0 bridgehead atoms. The van der Waals surface area contributed by atoms with Gasteiger partial charge >= 0.3 is 0 Å². The predicted octanol–water partition coefficient (Wildman–Crippen LogP) is 3.38. The molecule has 2 N–H and O–H groups in total. The molecule has 19 heavy (non-hydrogen) atoms. The van der Waals surface area contributed by atoms with E-state index in [4.69, 9.17) is 17.3 Å². The van der Waals surface area contributed by atoms with Gasteiger partial charge in [-0.1, -0.05) is 23.7 Å². The minimum atomic E-state index is -0.394. The average Bonchev–Trinajstić information content (AvgIpc) is 2.42. The van der Waals surface area contributed by atoms with E-state index in [1.165, 1.54) is 11.6 Å². The highest BCUT2D eigenvalue weighted by atomic mass is 35.5.